The van der Waals surface area contributed by atoms with Crippen molar-refractivity contribution in [2.24, 2.45) is 72.4 Å². The summed E-state index contributed by atoms with van der Waals surface area (Å²) in [5.41, 5.74) is -3.79. The zero-order valence-corrected chi connectivity index (χ0v) is 83.9. The number of Topliss-reactive ketones (excluding diaryl/α,β-unsaturated/α-hetero) is 6. The molecular formula is C89H172N8O26. The minimum Gasteiger partial charge on any atom is -0.469 e. The van der Waals surface area contributed by atoms with E-state index in [9.17, 15) is 71.9 Å². The number of aliphatic hydroxyl groups is 1. The first-order valence-electron chi connectivity index (χ1n) is 41.6. The largest absolute Gasteiger partial charge is 0.469 e. The summed E-state index contributed by atoms with van der Waals surface area (Å²) in [7, 11) is 13.9. The van der Waals surface area contributed by atoms with Crippen LogP contribution in [0.1, 0.15) is 261 Å². The number of hydrogen-bond acceptors (Lipinski definition) is 26. The van der Waals surface area contributed by atoms with Crippen molar-refractivity contribution in [2.75, 3.05) is 117 Å². The molecule has 0 aromatic rings. The fourth-order valence-electron chi connectivity index (χ4n) is 8.98. The molecule has 0 aromatic carbocycles. The predicted molar refractivity (Wildman–Crippen MR) is 477 cm³/mol. The van der Waals surface area contributed by atoms with Gasteiger partial charge in [0.05, 0.1) is 99.0 Å². The Hall–Kier alpha value is -7.95. The third-order valence-corrected chi connectivity index (χ3v) is 17.4. The van der Waals surface area contributed by atoms with Gasteiger partial charge in [-0.1, -0.05) is 221 Å². The molecule has 123 heavy (non-hydrogen) atoms. The van der Waals surface area contributed by atoms with Crippen LogP contribution >= 0.6 is 0 Å². The Morgan fingerprint density at radius 3 is 0.984 bits per heavy atom. The van der Waals surface area contributed by atoms with Crippen LogP contribution in [0.3, 0.4) is 0 Å². The number of esters is 1. The molecule has 0 aromatic heterocycles. The minimum absolute atomic E-state index is 0.0158. The zero-order chi connectivity index (χ0) is 99.1. The molecule has 8 atom stereocenters. The van der Waals surface area contributed by atoms with Crippen LogP contribution in [0, 0.1) is 72.4 Å². The Morgan fingerprint density at radius 1 is 0.358 bits per heavy atom. The summed E-state index contributed by atoms with van der Waals surface area (Å²) in [6, 6.07) is -3.03. The van der Waals surface area contributed by atoms with Crippen molar-refractivity contribution in [3.63, 3.8) is 0 Å². The molecular weight excluding hydrogens is 1600 g/mol. The number of rotatable bonds is 30. The van der Waals surface area contributed by atoms with E-state index in [1.807, 2.05) is 173 Å². The van der Waals surface area contributed by atoms with Crippen LogP contribution in [0.15, 0.2) is 0 Å². The third kappa shape index (κ3) is 67.1. The van der Waals surface area contributed by atoms with Gasteiger partial charge in [-0.2, -0.15) is 0 Å². The maximum atomic E-state index is 12.1. The van der Waals surface area contributed by atoms with E-state index >= 15 is 0 Å². The molecule has 8 unspecified atom stereocenters. The van der Waals surface area contributed by atoms with Crippen molar-refractivity contribution in [1.29, 1.82) is 0 Å². The van der Waals surface area contributed by atoms with Crippen LogP contribution in [0.4, 0.5) is 24.0 Å². The number of methoxy groups -OCH3 is 10. The predicted octanol–water partition coefficient (Wildman–Crippen LogP) is 12.3. The maximum absolute atomic E-state index is 12.1. The molecule has 1 aliphatic carbocycles. The van der Waals surface area contributed by atoms with E-state index in [1.165, 1.54) is 69.7 Å². The highest BCUT2D eigenvalue weighted by atomic mass is 16.6. The molecule has 0 heterocycles. The first-order valence-corrected chi connectivity index (χ1v) is 41.6. The molecule has 724 valence electrons. The molecule has 0 saturated heterocycles. The van der Waals surface area contributed by atoms with E-state index in [2.05, 4.69) is 71.0 Å². The molecule has 0 bridgehead atoms. The Kier molecular flexibility index (Phi) is 67.8. The van der Waals surface area contributed by atoms with Gasteiger partial charge in [-0.3, -0.25) is 47.9 Å². The van der Waals surface area contributed by atoms with Crippen LogP contribution < -0.4 is 42.5 Å². The smallest absolute Gasteiger partial charge is 0.407 e. The molecule has 9 N–H and O–H groups in total. The lowest BCUT2D eigenvalue weighted by atomic mass is 9.79. The number of carbonyl (C=O) groups is 15. The van der Waals surface area contributed by atoms with Crippen molar-refractivity contribution in [3.05, 3.63) is 0 Å². The maximum Gasteiger partial charge on any atom is 0.407 e. The van der Waals surface area contributed by atoms with Crippen LogP contribution in [-0.4, -0.2) is 247 Å². The number of nitrogens with one attached hydrogen (secondary N) is 8. The lowest BCUT2D eigenvalue weighted by molar-refractivity contribution is -0.148. The SMILES string of the molecule is CC(C)(C)C(=O)NCC1CC1.CCC(C)C(NC(=O)OC)C(=O)C(C)(C)C.COC(=O)CC(C(=O)C(C)(C)C)C(C)OC.COC(=O)NC(C(=O)C(C)(C)C)C(C)C.COC(=O)NC(C)C(=O)C(C)(C)C.COC(=O)NC(CO)C(=O)C(C)(C)C.COCC(NC(=O)OC)C(=O)C(C)(C)C.COCCCNC(=O)C(C)(C)C.COCCNC(=O)C(C)(C)C. The summed E-state index contributed by atoms with van der Waals surface area (Å²) < 4.78 is 46.4. The van der Waals surface area contributed by atoms with Gasteiger partial charge in [0.2, 0.25) is 17.7 Å². The monoisotopic (exact) mass is 1770 g/mol. The first kappa shape index (κ1) is 131. The zero-order valence-electron chi connectivity index (χ0n) is 83.9. The van der Waals surface area contributed by atoms with Gasteiger partial charge < -0.3 is 95.0 Å². The molecule has 34 heteroatoms. The fourth-order valence-corrected chi connectivity index (χ4v) is 8.98. The van der Waals surface area contributed by atoms with Gasteiger partial charge in [0.25, 0.3) is 0 Å². The summed E-state index contributed by atoms with van der Waals surface area (Å²) in [5.74, 6) is 0.171. The van der Waals surface area contributed by atoms with Crippen molar-refractivity contribution in [1.82, 2.24) is 42.5 Å². The van der Waals surface area contributed by atoms with Crippen molar-refractivity contribution in [2.45, 2.75) is 297 Å². The second-order valence-corrected chi connectivity index (χ2v) is 39.0. The number of carbonyl (C=O) groups excluding carboxylic acids is 15. The number of amides is 8. The van der Waals surface area contributed by atoms with E-state index in [4.69, 9.17) is 24.1 Å². The second kappa shape index (κ2) is 63.9. The molecule has 1 saturated carbocycles. The van der Waals surface area contributed by atoms with Crippen molar-refractivity contribution < 1.29 is 124 Å². The normalized spacial score (nSPS) is 13.9. The average Bonchev–Trinajstić information content (AvgIpc) is 1.66. The van der Waals surface area contributed by atoms with E-state index in [0.717, 1.165) is 25.3 Å². The first-order chi connectivity index (χ1) is 55.6. The summed E-state index contributed by atoms with van der Waals surface area (Å²) in [6.45, 7) is 64.0. The van der Waals surface area contributed by atoms with E-state index in [-0.39, 0.29) is 106 Å². The number of ketones is 6. The lowest BCUT2D eigenvalue weighted by Crippen LogP contribution is -2.49. The summed E-state index contributed by atoms with van der Waals surface area (Å²) in [6.07, 6.45) is 1.03. The van der Waals surface area contributed by atoms with Gasteiger partial charge >= 0.3 is 36.4 Å². The number of ether oxygens (including phenoxy) is 10. The lowest BCUT2D eigenvalue weighted by Gasteiger charge is -2.28. The van der Waals surface area contributed by atoms with Crippen molar-refractivity contribution in [3.8, 4) is 0 Å². The van der Waals surface area contributed by atoms with Crippen LogP contribution in [0.2, 0.25) is 0 Å². The van der Waals surface area contributed by atoms with Crippen LogP contribution in [0.25, 0.3) is 0 Å². The molecule has 0 spiro atoms. The Labute approximate surface area is 739 Å². The Balaban J connectivity index is -0.000000202. The highest BCUT2D eigenvalue weighted by molar-refractivity contribution is 5.94. The number of aliphatic hydroxyl groups excluding tert-OH is 1. The molecule has 0 radical (unpaired) electrons. The van der Waals surface area contributed by atoms with Crippen LogP contribution in [-0.2, 0) is 95.3 Å². The summed E-state index contributed by atoms with van der Waals surface area (Å²) >= 11 is 0. The van der Waals surface area contributed by atoms with Crippen LogP contribution in [0.5, 0.6) is 0 Å². The van der Waals surface area contributed by atoms with E-state index < -0.39 is 106 Å². The second-order valence-electron chi connectivity index (χ2n) is 39.0. The molecule has 1 fully saturated rings. The average molecular weight is 1770 g/mol. The highest BCUT2D eigenvalue weighted by Crippen LogP contribution is 2.29. The standard InChI is InChI=1S/C12H23NO3.C12H22O4.C11H21NO3.C10H19NO4.C9H17NO4.C9H17NO3.C9H19NO2.C9H17NO.C8H17NO2/c1-7-8(2)9(13-11(15)16-6)10(14)12(3,4)5;1-8(15-5)9(7-10(13)16-6)11(14)12(2,3)4;1-7(2)8(12-10(14)15-6)9(13)11(3,4)5;1-10(2,3)8(12)7(6-14-4)11-9(13)15-5;1-9(2,3)7(12)6(5-11)10-8(13)14-4;1-6(10-8(12)13-5)7(11)9(2,3)4;1-9(2,3)8(11)10-6-5-7-12-4;1-9(2,3)8(11)10-6-7-4-5-7;1-8(2,3)7(10)9-5-6-11-4/h8-9H,7H2,1-6H3,(H,13,15);8-9H,7H2,1-6H3;7-8H,1-6H3,(H,12,14);7H,6H2,1-5H3,(H,11,13);6,11H,5H2,1-4H3,(H,10,13);6H,1-5H3,(H,10,12);5-7H2,1-4H3,(H,10,11);7H,4-6H2,1-3H3,(H,10,11);5-6H2,1-4H3,(H,9,10). The van der Waals surface area contributed by atoms with Crippen molar-refractivity contribution >= 4 is 88.9 Å². The minimum atomic E-state index is -0.901. The summed E-state index contributed by atoms with van der Waals surface area (Å²) in [5, 5.41) is 29.8. The molecule has 0 aliphatic heterocycles. The molecule has 34 nitrogen and oxygen atoms in total. The fraction of sp³-hybridized carbons (Fsp3) is 0.831. The number of hydrogen-bond donors (Lipinski definition) is 9. The van der Waals surface area contributed by atoms with E-state index in [1.54, 1.807) is 69.6 Å². The molecule has 1 rings (SSSR count). The summed E-state index contributed by atoms with van der Waals surface area (Å²) in [4.78, 5) is 171. The highest BCUT2D eigenvalue weighted by Gasteiger charge is 2.39. The van der Waals surface area contributed by atoms with Gasteiger partial charge in [0.15, 0.2) is 28.9 Å². The Morgan fingerprint density at radius 2 is 0.683 bits per heavy atom. The van der Waals surface area contributed by atoms with Gasteiger partial charge in [0, 0.05) is 103 Å². The molecule has 8 amide bonds. The Bertz CT molecular complexity index is 3060. The van der Waals surface area contributed by atoms with Gasteiger partial charge in [-0.15, -0.1) is 0 Å². The molecule has 1 aliphatic rings. The third-order valence-electron chi connectivity index (χ3n) is 17.4. The van der Waals surface area contributed by atoms with Gasteiger partial charge in [0.1, 0.15) is 17.9 Å². The van der Waals surface area contributed by atoms with E-state index in [0.29, 0.717) is 26.3 Å². The quantitative estimate of drug-likeness (QED) is 0.0183. The topological polar surface area (TPSA) is 465 Å². The number of alkyl carbamates (subject to hydrolysis) is 5. The van der Waals surface area contributed by atoms with Gasteiger partial charge in [-0.25, -0.2) is 24.0 Å². The van der Waals surface area contributed by atoms with Gasteiger partial charge in [-0.05, 0) is 50.9 Å².